The molecule has 1 saturated heterocycles. The maximum absolute atomic E-state index is 13.7. The van der Waals surface area contributed by atoms with E-state index in [4.69, 9.17) is 4.74 Å². The van der Waals surface area contributed by atoms with Crippen LogP contribution in [-0.4, -0.2) is 41.1 Å². The van der Waals surface area contributed by atoms with Crippen molar-refractivity contribution in [3.63, 3.8) is 0 Å². The quantitative estimate of drug-likeness (QED) is 0.808. The van der Waals surface area contributed by atoms with E-state index >= 15 is 0 Å². The van der Waals surface area contributed by atoms with E-state index in [2.05, 4.69) is 15.7 Å². The van der Waals surface area contributed by atoms with Crippen LogP contribution in [0.2, 0.25) is 0 Å². The second-order valence-corrected chi connectivity index (χ2v) is 7.61. The minimum atomic E-state index is -4.47. The molecule has 1 aromatic carbocycles. The van der Waals surface area contributed by atoms with Gasteiger partial charge in [0.25, 0.3) is 5.91 Å². The Morgan fingerprint density at radius 1 is 1.34 bits per heavy atom. The predicted molar refractivity (Wildman–Crippen MR) is 101 cm³/mol. The summed E-state index contributed by atoms with van der Waals surface area (Å²) >= 11 is 0. The molecule has 2 aliphatic rings. The highest BCUT2D eigenvalue weighted by Crippen LogP contribution is 2.43. The van der Waals surface area contributed by atoms with Gasteiger partial charge in [0.15, 0.2) is 11.7 Å². The van der Waals surface area contributed by atoms with Gasteiger partial charge in [0.05, 0.1) is 12.1 Å². The zero-order valence-electron chi connectivity index (χ0n) is 16.0. The molecule has 4 rings (SSSR count). The van der Waals surface area contributed by atoms with E-state index < -0.39 is 24.2 Å². The number of fused-ring (bicyclic) bond motifs is 1. The van der Waals surface area contributed by atoms with Crippen molar-refractivity contribution in [2.24, 2.45) is 0 Å². The number of hydrogen-bond donors (Lipinski definition) is 2. The predicted octanol–water partition coefficient (Wildman–Crippen LogP) is 3.76. The molecule has 0 saturated carbocycles. The monoisotopic (exact) mass is 408 g/mol. The molecule has 0 aliphatic carbocycles. The van der Waals surface area contributed by atoms with Crippen LogP contribution in [0.1, 0.15) is 53.0 Å². The lowest BCUT2D eigenvalue weighted by Gasteiger charge is -2.33. The number of aromatic nitrogens is 2. The van der Waals surface area contributed by atoms with E-state index in [1.807, 2.05) is 31.2 Å². The summed E-state index contributed by atoms with van der Waals surface area (Å²) < 4.78 is 47.5. The number of nitrogens with one attached hydrogen (secondary N) is 2. The Morgan fingerprint density at radius 2 is 2.10 bits per heavy atom. The molecular weight excluding hydrogens is 385 g/mol. The van der Waals surface area contributed by atoms with E-state index in [-0.39, 0.29) is 24.0 Å². The van der Waals surface area contributed by atoms with Crippen LogP contribution in [0.5, 0.6) is 0 Å². The molecule has 0 radical (unpaired) electrons. The van der Waals surface area contributed by atoms with Crippen LogP contribution in [0, 0.1) is 6.92 Å². The lowest BCUT2D eigenvalue weighted by atomic mass is 9.96. The van der Waals surface area contributed by atoms with Crippen LogP contribution in [0.15, 0.2) is 30.3 Å². The standard InChI is InChI=1S/C20H23F3N4O2/c1-12-4-6-13(7-5-12)15-9-17(20(21,22)23)27-18(25-15)10-16(26-27)19(28)24-11-14-3-2-8-29-14/h4-7,10,14-15,17,25H,2-3,8-9,11H2,1H3,(H,24,28)/t14-,15-,17-/m0/s1. The Kier molecular flexibility index (Phi) is 5.24. The van der Waals surface area contributed by atoms with E-state index in [1.54, 1.807) is 0 Å². The van der Waals surface area contributed by atoms with Crippen LogP contribution in [0.4, 0.5) is 19.0 Å². The molecule has 2 N–H and O–H groups in total. The number of halogens is 3. The van der Waals surface area contributed by atoms with Crippen LogP contribution in [0.25, 0.3) is 0 Å². The number of nitrogens with zero attached hydrogens (tertiary/aromatic N) is 2. The third kappa shape index (κ3) is 4.24. The molecular formula is C20H23F3N4O2. The van der Waals surface area contributed by atoms with Crippen LogP contribution >= 0.6 is 0 Å². The van der Waals surface area contributed by atoms with Gasteiger partial charge in [-0.2, -0.15) is 18.3 Å². The summed E-state index contributed by atoms with van der Waals surface area (Å²) in [6, 6.07) is 6.44. The number of aryl methyl sites for hydroxylation is 1. The van der Waals surface area contributed by atoms with E-state index in [1.165, 1.54) is 6.07 Å². The number of anilines is 1. The van der Waals surface area contributed by atoms with Crippen molar-refractivity contribution in [1.82, 2.24) is 15.1 Å². The molecule has 0 bridgehead atoms. The van der Waals surface area contributed by atoms with Crippen molar-refractivity contribution in [3.8, 4) is 0 Å². The van der Waals surface area contributed by atoms with Gasteiger partial charge >= 0.3 is 6.18 Å². The summed E-state index contributed by atoms with van der Waals surface area (Å²) in [5.74, 6) is -0.316. The highest BCUT2D eigenvalue weighted by molar-refractivity contribution is 5.93. The molecule has 29 heavy (non-hydrogen) atoms. The lowest BCUT2D eigenvalue weighted by molar-refractivity contribution is -0.173. The Hall–Kier alpha value is -2.55. The number of amides is 1. The smallest absolute Gasteiger partial charge is 0.376 e. The normalized spacial score (nSPS) is 24.1. The molecule has 0 spiro atoms. The SMILES string of the molecule is Cc1ccc([C@@H]2C[C@@H](C(F)(F)F)n3nc(C(=O)NC[C@@H]4CCCO4)cc3N2)cc1. The fraction of sp³-hybridized carbons (Fsp3) is 0.500. The first-order chi connectivity index (χ1) is 13.8. The number of rotatable bonds is 4. The number of ether oxygens (including phenoxy) is 1. The maximum atomic E-state index is 13.7. The Bertz CT molecular complexity index is 873. The zero-order chi connectivity index (χ0) is 20.6. The summed E-state index contributed by atoms with van der Waals surface area (Å²) in [5.41, 5.74) is 1.76. The fourth-order valence-electron chi connectivity index (χ4n) is 3.80. The van der Waals surface area contributed by atoms with E-state index in [0.29, 0.717) is 13.2 Å². The summed E-state index contributed by atoms with van der Waals surface area (Å²) in [6.07, 6.45) is -2.93. The number of carbonyl (C=O) groups excluding carboxylic acids is 1. The van der Waals surface area contributed by atoms with Gasteiger partial charge in [-0.1, -0.05) is 29.8 Å². The molecule has 2 aromatic rings. The van der Waals surface area contributed by atoms with Crippen molar-refractivity contribution in [3.05, 3.63) is 47.2 Å². The topological polar surface area (TPSA) is 68.2 Å². The van der Waals surface area contributed by atoms with Gasteiger partial charge in [0.2, 0.25) is 0 Å². The minimum absolute atomic E-state index is 0.0377. The van der Waals surface area contributed by atoms with Gasteiger partial charge < -0.3 is 15.4 Å². The fourth-order valence-corrected chi connectivity index (χ4v) is 3.80. The van der Waals surface area contributed by atoms with Gasteiger partial charge in [0, 0.05) is 25.6 Å². The summed E-state index contributed by atoms with van der Waals surface area (Å²) in [5, 5.41) is 9.77. The van der Waals surface area contributed by atoms with Crippen molar-refractivity contribution < 1.29 is 22.7 Å². The number of carbonyl (C=O) groups is 1. The van der Waals surface area contributed by atoms with Gasteiger partial charge in [-0.3, -0.25) is 4.79 Å². The minimum Gasteiger partial charge on any atom is -0.376 e. The molecule has 1 aromatic heterocycles. The highest BCUT2D eigenvalue weighted by Gasteiger charge is 2.46. The molecule has 2 aliphatic heterocycles. The Morgan fingerprint density at radius 3 is 2.76 bits per heavy atom. The molecule has 1 fully saturated rings. The van der Waals surface area contributed by atoms with Crippen LogP contribution in [-0.2, 0) is 4.74 Å². The largest absolute Gasteiger partial charge is 0.410 e. The highest BCUT2D eigenvalue weighted by atomic mass is 19.4. The summed E-state index contributed by atoms with van der Waals surface area (Å²) in [6.45, 7) is 2.91. The molecule has 9 heteroatoms. The first-order valence-electron chi connectivity index (χ1n) is 9.70. The Balaban J connectivity index is 1.56. The first kappa shape index (κ1) is 19.8. The van der Waals surface area contributed by atoms with E-state index in [9.17, 15) is 18.0 Å². The van der Waals surface area contributed by atoms with Gasteiger partial charge in [-0.15, -0.1) is 0 Å². The molecule has 3 heterocycles. The second kappa shape index (κ2) is 7.70. The number of benzene rings is 1. The van der Waals surface area contributed by atoms with Crippen molar-refractivity contribution >= 4 is 11.7 Å². The third-order valence-corrected chi connectivity index (χ3v) is 5.42. The molecule has 156 valence electrons. The maximum Gasteiger partial charge on any atom is 0.410 e. The molecule has 0 unspecified atom stereocenters. The summed E-state index contributed by atoms with van der Waals surface area (Å²) in [4.78, 5) is 12.4. The van der Waals surface area contributed by atoms with Crippen molar-refractivity contribution in [2.45, 2.75) is 50.6 Å². The molecule has 1 amide bonds. The average Bonchev–Trinajstić information content (AvgIpc) is 3.34. The third-order valence-electron chi connectivity index (χ3n) is 5.42. The first-order valence-corrected chi connectivity index (χ1v) is 9.70. The van der Waals surface area contributed by atoms with Gasteiger partial charge in [-0.05, 0) is 25.3 Å². The average molecular weight is 408 g/mol. The van der Waals surface area contributed by atoms with Gasteiger partial charge in [0.1, 0.15) is 5.82 Å². The lowest BCUT2D eigenvalue weighted by Crippen LogP contribution is -2.36. The van der Waals surface area contributed by atoms with Crippen LogP contribution < -0.4 is 10.6 Å². The Labute approximate surface area is 166 Å². The number of alkyl halides is 3. The molecule has 6 nitrogen and oxygen atoms in total. The van der Waals surface area contributed by atoms with Crippen LogP contribution in [0.3, 0.4) is 0 Å². The van der Waals surface area contributed by atoms with Crippen molar-refractivity contribution in [1.29, 1.82) is 0 Å². The molecule has 3 atom stereocenters. The van der Waals surface area contributed by atoms with Crippen molar-refractivity contribution in [2.75, 3.05) is 18.5 Å². The second-order valence-electron chi connectivity index (χ2n) is 7.61. The zero-order valence-corrected chi connectivity index (χ0v) is 16.0. The summed E-state index contributed by atoms with van der Waals surface area (Å²) in [7, 11) is 0. The van der Waals surface area contributed by atoms with E-state index in [0.717, 1.165) is 28.7 Å². The van der Waals surface area contributed by atoms with Gasteiger partial charge in [-0.25, -0.2) is 4.68 Å². The number of hydrogen-bond acceptors (Lipinski definition) is 4.